The Balaban J connectivity index is 1.25. The topological polar surface area (TPSA) is 136 Å². The van der Waals surface area contributed by atoms with Crippen molar-refractivity contribution in [3.05, 3.63) is 64.7 Å². The van der Waals surface area contributed by atoms with Crippen LogP contribution >= 0.6 is 0 Å². The van der Waals surface area contributed by atoms with E-state index in [0.29, 0.717) is 24.2 Å². The number of non-ortho nitro benzene ring substituents is 1. The number of hydrogen-bond donors (Lipinski definition) is 0. The predicted molar refractivity (Wildman–Crippen MR) is 130 cm³/mol. The van der Waals surface area contributed by atoms with Crippen LogP contribution in [0.15, 0.2) is 54.6 Å². The lowest BCUT2D eigenvalue weighted by Crippen LogP contribution is -2.30. The highest BCUT2D eigenvalue weighted by molar-refractivity contribution is 6.22. The van der Waals surface area contributed by atoms with Crippen molar-refractivity contribution in [1.29, 1.82) is 0 Å². The van der Waals surface area contributed by atoms with Crippen molar-refractivity contribution < 1.29 is 33.6 Å². The van der Waals surface area contributed by atoms with Gasteiger partial charge in [0.2, 0.25) is 17.7 Å². The molecule has 1 aliphatic carbocycles. The molecule has 11 heteroatoms. The number of imide groups is 1. The molecule has 2 aliphatic heterocycles. The highest BCUT2D eigenvalue weighted by Crippen LogP contribution is 2.39. The summed E-state index contributed by atoms with van der Waals surface area (Å²) in [7, 11) is 1.34. The third kappa shape index (κ3) is 4.32. The normalized spacial score (nSPS) is 22.8. The van der Waals surface area contributed by atoms with Crippen LogP contribution in [0.4, 0.5) is 17.1 Å². The quantitative estimate of drug-likeness (QED) is 0.146. The summed E-state index contributed by atoms with van der Waals surface area (Å²) < 4.78 is 10.7. The Morgan fingerprint density at radius 1 is 1.00 bits per heavy atom. The second kappa shape index (κ2) is 9.49. The molecule has 0 unspecified atom stereocenters. The Bertz CT molecular complexity index is 1310. The molecule has 0 N–H and O–H groups in total. The van der Waals surface area contributed by atoms with Gasteiger partial charge in [0.25, 0.3) is 5.69 Å². The number of benzene rings is 2. The van der Waals surface area contributed by atoms with E-state index in [0.717, 1.165) is 0 Å². The number of ether oxygens (including phenoxy) is 2. The van der Waals surface area contributed by atoms with Crippen LogP contribution in [0.1, 0.15) is 19.3 Å². The first-order valence-electron chi connectivity index (χ1n) is 11.8. The van der Waals surface area contributed by atoms with Crippen LogP contribution in [0.5, 0.6) is 11.5 Å². The highest BCUT2D eigenvalue weighted by Gasteiger charge is 2.47. The van der Waals surface area contributed by atoms with Gasteiger partial charge in [0.15, 0.2) is 0 Å². The molecule has 2 fully saturated rings. The minimum atomic E-state index is -0.760. The Hall–Kier alpha value is -4.54. The average Bonchev–Trinajstić information content (AvgIpc) is 3.41. The Labute approximate surface area is 211 Å². The fraction of sp³-hybridized carbons (Fsp3) is 0.308. The zero-order valence-corrected chi connectivity index (χ0v) is 19.9. The second-order valence-corrected chi connectivity index (χ2v) is 9.10. The number of amides is 3. The molecule has 11 nitrogen and oxygen atoms in total. The number of carbonyl (C=O) groups excluding carboxylic acids is 4. The molecular formula is C26H23N3O8. The standard InChI is InChI=1S/C26H23N3O8/c1-36-22-13-17(29(34)35)8-11-21(22)27-14-15(12-23(27)30)26(33)37-18-9-6-16(7-10-18)28-24(31)19-4-2-3-5-20(19)25(28)32/h2-3,6-11,13,15,19-20H,4-5,12,14H2,1H3/t15-,19+,20+/m1/s1. The molecule has 2 aromatic rings. The average molecular weight is 505 g/mol. The number of nitro benzene ring substituents is 1. The van der Waals surface area contributed by atoms with Gasteiger partial charge in [-0.15, -0.1) is 0 Å². The van der Waals surface area contributed by atoms with Crippen molar-refractivity contribution in [2.45, 2.75) is 19.3 Å². The van der Waals surface area contributed by atoms with E-state index in [1.165, 1.54) is 47.2 Å². The summed E-state index contributed by atoms with van der Waals surface area (Å²) in [5.41, 5.74) is 0.560. The van der Waals surface area contributed by atoms with Gasteiger partial charge in [-0.05, 0) is 43.2 Å². The molecule has 3 atom stereocenters. The number of rotatable bonds is 6. The van der Waals surface area contributed by atoms with Crippen molar-refractivity contribution in [2.24, 2.45) is 17.8 Å². The monoisotopic (exact) mass is 505 g/mol. The molecule has 0 saturated carbocycles. The van der Waals surface area contributed by atoms with Gasteiger partial charge < -0.3 is 14.4 Å². The first-order valence-corrected chi connectivity index (χ1v) is 11.8. The zero-order valence-electron chi connectivity index (χ0n) is 19.9. The molecule has 0 spiro atoms. The number of methoxy groups -OCH3 is 1. The van der Waals surface area contributed by atoms with Crippen molar-refractivity contribution in [3.8, 4) is 11.5 Å². The molecule has 2 saturated heterocycles. The van der Waals surface area contributed by atoms with Gasteiger partial charge in [-0.3, -0.25) is 34.2 Å². The number of nitro groups is 1. The third-order valence-electron chi connectivity index (χ3n) is 6.94. The smallest absolute Gasteiger partial charge is 0.316 e. The first kappa shape index (κ1) is 24.2. The van der Waals surface area contributed by atoms with E-state index < -0.39 is 16.8 Å². The molecule has 5 rings (SSSR count). The van der Waals surface area contributed by atoms with Crippen LogP contribution in [0.25, 0.3) is 0 Å². The van der Waals surface area contributed by atoms with Crippen LogP contribution < -0.4 is 19.3 Å². The maximum absolute atomic E-state index is 12.8. The number of hydrogen-bond acceptors (Lipinski definition) is 8. The summed E-state index contributed by atoms with van der Waals surface area (Å²) in [6, 6.07) is 10.0. The fourth-order valence-corrected chi connectivity index (χ4v) is 5.02. The van der Waals surface area contributed by atoms with E-state index in [1.807, 2.05) is 12.2 Å². The van der Waals surface area contributed by atoms with Gasteiger partial charge in [0.1, 0.15) is 11.5 Å². The summed E-state index contributed by atoms with van der Waals surface area (Å²) in [5.74, 6) is -2.49. The van der Waals surface area contributed by atoms with Gasteiger partial charge in [0.05, 0.1) is 47.2 Å². The van der Waals surface area contributed by atoms with Crippen molar-refractivity contribution in [2.75, 3.05) is 23.5 Å². The Kier molecular flexibility index (Phi) is 6.20. The summed E-state index contributed by atoms with van der Waals surface area (Å²) in [5, 5.41) is 11.0. The van der Waals surface area contributed by atoms with E-state index in [-0.39, 0.29) is 59.7 Å². The summed E-state index contributed by atoms with van der Waals surface area (Å²) in [6.07, 6.45) is 4.84. The maximum Gasteiger partial charge on any atom is 0.316 e. The minimum absolute atomic E-state index is 0.0253. The summed E-state index contributed by atoms with van der Waals surface area (Å²) >= 11 is 0. The van der Waals surface area contributed by atoms with Crippen molar-refractivity contribution >= 4 is 40.8 Å². The molecule has 0 radical (unpaired) electrons. The lowest BCUT2D eigenvalue weighted by Gasteiger charge is -2.19. The number of allylic oxidation sites excluding steroid dienone is 2. The van der Waals surface area contributed by atoms with E-state index in [9.17, 15) is 29.3 Å². The maximum atomic E-state index is 12.8. The molecule has 3 amide bonds. The van der Waals surface area contributed by atoms with E-state index in [1.54, 1.807) is 12.1 Å². The Morgan fingerprint density at radius 2 is 1.65 bits per heavy atom. The van der Waals surface area contributed by atoms with Crippen LogP contribution in [0.2, 0.25) is 0 Å². The number of carbonyl (C=O) groups is 4. The highest BCUT2D eigenvalue weighted by atomic mass is 16.6. The zero-order chi connectivity index (χ0) is 26.3. The molecule has 0 bridgehead atoms. The van der Waals surface area contributed by atoms with Crippen molar-refractivity contribution in [3.63, 3.8) is 0 Å². The number of fused-ring (bicyclic) bond motifs is 1. The van der Waals surface area contributed by atoms with Gasteiger partial charge >= 0.3 is 5.97 Å². The van der Waals surface area contributed by atoms with E-state index in [2.05, 4.69) is 0 Å². The molecule has 190 valence electrons. The number of esters is 1. The molecule has 3 aliphatic rings. The first-order chi connectivity index (χ1) is 17.8. The lowest BCUT2D eigenvalue weighted by molar-refractivity contribution is -0.384. The van der Waals surface area contributed by atoms with Gasteiger partial charge in [-0.1, -0.05) is 12.2 Å². The van der Waals surface area contributed by atoms with Crippen molar-refractivity contribution in [1.82, 2.24) is 0 Å². The molecule has 37 heavy (non-hydrogen) atoms. The number of nitrogens with zero attached hydrogens (tertiary/aromatic N) is 3. The minimum Gasteiger partial charge on any atom is -0.494 e. The van der Waals surface area contributed by atoms with Crippen LogP contribution in [-0.2, 0) is 19.2 Å². The van der Waals surface area contributed by atoms with Crippen LogP contribution in [-0.4, -0.2) is 42.3 Å². The SMILES string of the molecule is COc1cc([N+](=O)[O-])ccc1N1C[C@H](C(=O)Oc2ccc(N3C(=O)[C@H]4CC=CC[C@@H]4C3=O)cc2)CC1=O. The number of anilines is 2. The van der Waals surface area contributed by atoms with Crippen LogP contribution in [0, 0.1) is 27.9 Å². The van der Waals surface area contributed by atoms with Gasteiger partial charge in [0, 0.05) is 19.0 Å². The Morgan fingerprint density at radius 3 is 2.24 bits per heavy atom. The van der Waals surface area contributed by atoms with E-state index in [4.69, 9.17) is 9.47 Å². The fourth-order valence-electron chi connectivity index (χ4n) is 5.02. The predicted octanol–water partition coefficient (Wildman–Crippen LogP) is 3.02. The van der Waals surface area contributed by atoms with Gasteiger partial charge in [-0.25, -0.2) is 0 Å². The largest absolute Gasteiger partial charge is 0.494 e. The molecule has 2 aromatic carbocycles. The lowest BCUT2D eigenvalue weighted by atomic mass is 9.85. The van der Waals surface area contributed by atoms with Crippen LogP contribution in [0.3, 0.4) is 0 Å². The van der Waals surface area contributed by atoms with Gasteiger partial charge in [-0.2, -0.15) is 0 Å². The molecular weight excluding hydrogens is 482 g/mol. The summed E-state index contributed by atoms with van der Waals surface area (Å²) in [4.78, 5) is 64.0. The second-order valence-electron chi connectivity index (χ2n) is 9.10. The summed E-state index contributed by atoms with van der Waals surface area (Å²) in [6.45, 7) is 0.0253. The third-order valence-corrected chi connectivity index (χ3v) is 6.94. The molecule has 0 aromatic heterocycles. The van der Waals surface area contributed by atoms with E-state index >= 15 is 0 Å². The molecule has 2 heterocycles.